The van der Waals surface area contributed by atoms with E-state index in [1.807, 2.05) is 0 Å². The third-order valence-corrected chi connectivity index (χ3v) is 6.44. The highest BCUT2D eigenvalue weighted by Crippen LogP contribution is 2.23. The van der Waals surface area contributed by atoms with Crippen LogP contribution in [0.4, 0.5) is 0 Å². The van der Waals surface area contributed by atoms with Crippen molar-refractivity contribution in [1.82, 2.24) is 20.0 Å². The zero-order valence-electron chi connectivity index (χ0n) is 17.3. The van der Waals surface area contributed by atoms with Gasteiger partial charge in [0.05, 0.1) is 12.6 Å². The number of hydrogen-bond donors (Lipinski definition) is 1. The second-order valence-electron chi connectivity index (χ2n) is 8.41. The summed E-state index contributed by atoms with van der Waals surface area (Å²) in [7, 11) is 0. The summed E-state index contributed by atoms with van der Waals surface area (Å²) in [6.07, 6.45) is 11.8. The Kier molecular flexibility index (Phi) is 8.45. The van der Waals surface area contributed by atoms with Crippen molar-refractivity contribution in [3.8, 4) is 6.07 Å². The van der Waals surface area contributed by atoms with Crippen molar-refractivity contribution in [3.63, 3.8) is 0 Å². The fourth-order valence-corrected chi connectivity index (χ4v) is 4.89. The molecule has 6 nitrogen and oxygen atoms in total. The highest BCUT2D eigenvalue weighted by molar-refractivity contribution is 5.33. The average Bonchev–Trinajstić information content (AvgIpc) is 3.13. The van der Waals surface area contributed by atoms with Crippen LogP contribution in [0.2, 0.25) is 0 Å². The molecule has 0 aromatic rings. The smallest absolute Gasteiger partial charge is 0.300 e. The summed E-state index contributed by atoms with van der Waals surface area (Å²) in [5, 5.41) is 13.2. The first-order chi connectivity index (χ1) is 13.8. The number of nitrogens with one attached hydrogen (secondary N) is 1. The van der Waals surface area contributed by atoms with E-state index in [0.29, 0.717) is 6.04 Å². The first-order valence-corrected chi connectivity index (χ1v) is 11.3. The minimum Gasteiger partial charge on any atom is -0.365 e. The Morgan fingerprint density at radius 2 is 1.64 bits per heavy atom. The molecule has 3 rings (SSSR count). The van der Waals surface area contributed by atoms with Gasteiger partial charge in [-0.3, -0.25) is 0 Å². The maximum atomic E-state index is 9.48. The molecule has 6 heteroatoms. The molecule has 0 atom stereocenters. The van der Waals surface area contributed by atoms with Crippen LogP contribution >= 0.6 is 0 Å². The highest BCUT2D eigenvalue weighted by atomic mass is 15.4. The SMILES string of the molecule is [C-]#[N+]/C(C#N)=C1\N(CCCN2CCCCC2)CCN1CCNC1CCCCC1. The normalized spacial score (nSPS) is 23.5. The summed E-state index contributed by atoms with van der Waals surface area (Å²) < 4.78 is 0. The van der Waals surface area contributed by atoms with Gasteiger partial charge in [-0.2, -0.15) is 0 Å². The van der Waals surface area contributed by atoms with E-state index >= 15 is 0 Å². The molecular weight excluding hydrogens is 348 g/mol. The maximum Gasteiger partial charge on any atom is 0.300 e. The molecule has 1 N–H and O–H groups in total. The van der Waals surface area contributed by atoms with Crippen molar-refractivity contribution in [1.29, 1.82) is 5.26 Å². The van der Waals surface area contributed by atoms with Crippen molar-refractivity contribution in [2.45, 2.75) is 63.8 Å². The van der Waals surface area contributed by atoms with Crippen LogP contribution in [-0.4, -0.2) is 73.1 Å². The van der Waals surface area contributed by atoms with Crippen molar-refractivity contribution in [3.05, 3.63) is 22.9 Å². The number of nitrogens with zero attached hydrogens (tertiary/aromatic N) is 5. The monoisotopic (exact) mass is 384 g/mol. The molecular formula is C22H36N6. The van der Waals surface area contributed by atoms with Crippen LogP contribution in [0.3, 0.4) is 0 Å². The van der Waals surface area contributed by atoms with E-state index in [1.165, 1.54) is 64.5 Å². The summed E-state index contributed by atoms with van der Waals surface area (Å²) in [6.45, 7) is 15.7. The molecule has 154 valence electrons. The quantitative estimate of drug-likeness (QED) is 0.515. The summed E-state index contributed by atoms with van der Waals surface area (Å²) >= 11 is 0. The van der Waals surface area contributed by atoms with Gasteiger partial charge in [0, 0.05) is 38.8 Å². The Morgan fingerprint density at radius 1 is 0.964 bits per heavy atom. The van der Waals surface area contributed by atoms with Gasteiger partial charge in [0.25, 0.3) is 0 Å². The van der Waals surface area contributed by atoms with E-state index in [4.69, 9.17) is 6.57 Å². The van der Waals surface area contributed by atoms with Crippen LogP contribution in [0.15, 0.2) is 11.5 Å². The molecule has 0 radical (unpaired) electrons. The largest absolute Gasteiger partial charge is 0.365 e. The summed E-state index contributed by atoms with van der Waals surface area (Å²) in [5.74, 6) is 0.876. The molecule has 1 aliphatic carbocycles. The Hall–Kier alpha value is -1.76. The predicted octanol–water partition coefficient (Wildman–Crippen LogP) is 3.01. The van der Waals surface area contributed by atoms with E-state index in [2.05, 4.69) is 30.9 Å². The summed E-state index contributed by atoms with van der Waals surface area (Å²) in [6, 6.07) is 2.80. The minimum atomic E-state index is 0.258. The van der Waals surface area contributed by atoms with Crippen molar-refractivity contribution in [2.24, 2.45) is 0 Å². The number of piperidine rings is 1. The number of hydrogen-bond acceptors (Lipinski definition) is 5. The van der Waals surface area contributed by atoms with Gasteiger partial charge in [-0.1, -0.05) is 25.7 Å². The van der Waals surface area contributed by atoms with Gasteiger partial charge in [-0.05, 0) is 51.7 Å². The molecule has 2 saturated heterocycles. The van der Waals surface area contributed by atoms with Gasteiger partial charge in [-0.25, -0.2) is 10.1 Å². The number of allylic oxidation sites excluding steroid dienone is 1. The minimum absolute atomic E-state index is 0.258. The van der Waals surface area contributed by atoms with Gasteiger partial charge in [0.2, 0.25) is 0 Å². The molecule has 0 spiro atoms. The summed E-state index contributed by atoms with van der Waals surface area (Å²) in [4.78, 5) is 10.6. The molecule has 1 saturated carbocycles. The molecule has 0 unspecified atom stereocenters. The molecule has 0 bridgehead atoms. The molecule has 0 aromatic carbocycles. The highest BCUT2D eigenvalue weighted by Gasteiger charge is 2.28. The fraction of sp³-hybridized carbons (Fsp3) is 0.818. The first-order valence-electron chi connectivity index (χ1n) is 11.3. The van der Waals surface area contributed by atoms with Crippen LogP contribution in [0.5, 0.6) is 0 Å². The van der Waals surface area contributed by atoms with Crippen molar-refractivity contribution >= 4 is 0 Å². The molecule has 0 aromatic heterocycles. The average molecular weight is 385 g/mol. The number of likely N-dealkylation sites (tertiary alicyclic amines) is 1. The van der Waals surface area contributed by atoms with E-state index in [-0.39, 0.29) is 5.70 Å². The predicted molar refractivity (Wildman–Crippen MR) is 112 cm³/mol. The lowest BCUT2D eigenvalue weighted by Crippen LogP contribution is -2.37. The number of rotatable bonds is 8. The molecule has 3 fully saturated rings. The molecule has 2 heterocycles. The van der Waals surface area contributed by atoms with Gasteiger partial charge in [0.1, 0.15) is 5.82 Å². The van der Waals surface area contributed by atoms with Crippen LogP contribution in [0.25, 0.3) is 4.85 Å². The molecule has 3 aliphatic rings. The van der Waals surface area contributed by atoms with Crippen molar-refractivity contribution < 1.29 is 0 Å². The van der Waals surface area contributed by atoms with Gasteiger partial charge in [-0.15, -0.1) is 0 Å². The Balaban J connectivity index is 1.50. The molecule has 0 amide bonds. The fourth-order valence-electron chi connectivity index (χ4n) is 4.89. The zero-order valence-corrected chi connectivity index (χ0v) is 17.3. The zero-order chi connectivity index (χ0) is 19.6. The first kappa shape index (κ1) is 21.0. The second-order valence-corrected chi connectivity index (χ2v) is 8.41. The molecule has 28 heavy (non-hydrogen) atoms. The number of nitriles is 1. The topological polar surface area (TPSA) is 49.9 Å². The van der Waals surface area contributed by atoms with Crippen LogP contribution in [0.1, 0.15) is 57.8 Å². The summed E-state index contributed by atoms with van der Waals surface area (Å²) in [5.41, 5.74) is 0.258. The Morgan fingerprint density at radius 3 is 2.32 bits per heavy atom. The molecule has 2 aliphatic heterocycles. The van der Waals surface area contributed by atoms with Gasteiger partial charge < -0.3 is 20.0 Å². The van der Waals surface area contributed by atoms with E-state index in [9.17, 15) is 5.26 Å². The standard InChI is InChI=1S/C22H36N6/c1-24-21(19-23)22-27(15-8-14-26-12-6-3-7-13-26)17-18-28(22)16-11-25-20-9-4-2-5-10-20/h20,25H,2-18H2/b22-21+. The lowest BCUT2D eigenvalue weighted by atomic mass is 9.95. The van der Waals surface area contributed by atoms with Crippen LogP contribution in [-0.2, 0) is 0 Å². The van der Waals surface area contributed by atoms with E-state index in [1.54, 1.807) is 0 Å². The van der Waals surface area contributed by atoms with Gasteiger partial charge in [0.15, 0.2) is 0 Å². The van der Waals surface area contributed by atoms with E-state index in [0.717, 1.165) is 51.5 Å². The van der Waals surface area contributed by atoms with Crippen molar-refractivity contribution in [2.75, 3.05) is 52.4 Å². The third-order valence-electron chi connectivity index (χ3n) is 6.44. The van der Waals surface area contributed by atoms with Crippen LogP contribution in [0, 0.1) is 17.9 Å². The van der Waals surface area contributed by atoms with Crippen LogP contribution < -0.4 is 5.32 Å². The van der Waals surface area contributed by atoms with E-state index < -0.39 is 0 Å². The Labute approximate surface area is 171 Å². The van der Waals surface area contributed by atoms with Gasteiger partial charge >= 0.3 is 5.70 Å². The Bertz CT molecular complexity index is 539. The lowest BCUT2D eigenvalue weighted by molar-refractivity contribution is 0.215. The second kappa shape index (κ2) is 11.3. The lowest BCUT2D eigenvalue weighted by Gasteiger charge is -2.29. The maximum absolute atomic E-state index is 9.48. The third kappa shape index (κ3) is 5.87.